The van der Waals surface area contributed by atoms with Crippen LogP contribution in [0.4, 0.5) is 0 Å². The van der Waals surface area contributed by atoms with E-state index < -0.39 is 0 Å². The first kappa shape index (κ1) is 12.4. The monoisotopic (exact) mass is 253 g/mol. The van der Waals surface area contributed by atoms with Crippen molar-refractivity contribution in [3.05, 3.63) is 71.8 Å². The van der Waals surface area contributed by atoms with Gasteiger partial charge in [0.1, 0.15) is 0 Å². The molecule has 2 aromatic rings. The van der Waals surface area contributed by atoms with E-state index in [1.165, 1.54) is 11.1 Å². The van der Waals surface area contributed by atoms with Gasteiger partial charge in [0.25, 0.3) is 0 Å². The lowest BCUT2D eigenvalue weighted by Gasteiger charge is -2.15. The molecule has 1 saturated heterocycles. The van der Waals surface area contributed by atoms with Crippen molar-refractivity contribution in [1.29, 1.82) is 0 Å². The molecule has 0 saturated carbocycles. The molecule has 2 nitrogen and oxygen atoms in total. The maximum absolute atomic E-state index is 10.2. The van der Waals surface area contributed by atoms with Crippen LogP contribution in [0.3, 0.4) is 0 Å². The lowest BCUT2D eigenvalue weighted by atomic mass is 9.96. The van der Waals surface area contributed by atoms with Crippen LogP contribution < -0.4 is 0 Å². The fourth-order valence-electron chi connectivity index (χ4n) is 2.86. The summed E-state index contributed by atoms with van der Waals surface area (Å²) in [6.45, 7) is 2.61. The molecule has 0 amide bonds. The average Bonchev–Trinajstić information content (AvgIpc) is 2.82. The van der Waals surface area contributed by atoms with Gasteiger partial charge in [-0.1, -0.05) is 60.7 Å². The smallest absolute Gasteiger partial charge is 0.0747 e. The van der Waals surface area contributed by atoms with Crippen molar-refractivity contribution in [2.75, 3.05) is 13.1 Å². The normalized spacial score (nSPS) is 23.6. The van der Waals surface area contributed by atoms with Gasteiger partial charge in [0.15, 0.2) is 0 Å². The number of likely N-dealkylation sites (tertiary alicyclic amines) is 1. The number of hydrogen-bond acceptors (Lipinski definition) is 2. The van der Waals surface area contributed by atoms with Gasteiger partial charge < -0.3 is 5.11 Å². The molecule has 19 heavy (non-hydrogen) atoms. The van der Waals surface area contributed by atoms with Gasteiger partial charge in [-0.15, -0.1) is 0 Å². The fourth-order valence-corrected chi connectivity index (χ4v) is 2.86. The zero-order valence-corrected chi connectivity index (χ0v) is 10.9. The van der Waals surface area contributed by atoms with Crippen molar-refractivity contribution >= 4 is 0 Å². The Morgan fingerprint density at radius 3 is 2.21 bits per heavy atom. The van der Waals surface area contributed by atoms with Crippen molar-refractivity contribution in [2.24, 2.45) is 0 Å². The predicted molar refractivity (Wildman–Crippen MR) is 76.9 cm³/mol. The van der Waals surface area contributed by atoms with Crippen LogP contribution in [0.1, 0.15) is 17.0 Å². The molecule has 98 valence electrons. The van der Waals surface area contributed by atoms with E-state index in [1.807, 2.05) is 24.3 Å². The highest BCUT2D eigenvalue weighted by molar-refractivity contribution is 5.23. The third kappa shape index (κ3) is 2.86. The lowest BCUT2D eigenvalue weighted by Crippen LogP contribution is -2.21. The Bertz CT molecular complexity index is 511. The molecule has 2 atom stereocenters. The van der Waals surface area contributed by atoms with Gasteiger partial charge in [-0.2, -0.15) is 0 Å². The number of nitrogens with zero attached hydrogens (tertiary/aromatic N) is 1. The highest BCUT2D eigenvalue weighted by Crippen LogP contribution is 2.28. The van der Waals surface area contributed by atoms with E-state index in [0.29, 0.717) is 0 Å². The Balaban J connectivity index is 1.69. The first-order chi connectivity index (χ1) is 9.33. The van der Waals surface area contributed by atoms with E-state index >= 15 is 0 Å². The van der Waals surface area contributed by atoms with Crippen LogP contribution in [0, 0.1) is 0 Å². The summed E-state index contributed by atoms with van der Waals surface area (Å²) in [7, 11) is 0. The molecule has 1 fully saturated rings. The molecule has 0 bridgehead atoms. The zero-order chi connectivity index (χ0) is 13.1. The minimum absolute atomic E-state index is 0.241. The Kier molecular flexibility index (Phi) is 3.62. The van der Waals surface area contributed by atoms with Crippen molar-refractivity contribution in [1.82, 2.24) is 4.90 Å². The highest BCUT2D eigenvalue weighted by atomic mass is 16.3. The van der Waals surface area contributed by atoms with Crippen molar-refractivity contribution in [3.63, 3.8) is 0 Å². The largest absolute Gasteiger partial charge is 0.391 e. The molecule has 3 rings (SSSR count). The van der Waals surface area contributed by atoms with Crippen molar-refractivity contribution < 1.29 is 5.11 Å². The molecule has 0 aliphatic carbocycles. The molecule has 2 heteroatoms. The highest BCUT2D eigenvalue weighted by Gasteiger charge is 2.31. The summed E-state index contributed by atoms with van der Waals surface area (Å²) in [5.74, 6) is 0.241. The average molecular weight is 253 g/mol. The Labute approximate surface area is 114 Å². The van der Waals surface area contributed by atoms with Crippen LogP contribution in [-0.2, 0) is 6.54 Å². The van der Waals surface area contributed by atoms with Crippen LogP contribution in [0.15, 0.2) is 60.7 Å². The molecular formula is C17H19NO. The SMILES string of the molecule is OC1CN(Cc2ccccc2)CC1c1ccccc1. The first-order valence-electron chi connectivity index (χ1n) is 6.82. The molecule has 1 heterocycles. The summed E-state index contributed by atoms with van der Waals surface area (Å²) in [6, 6.07) is 20.8. The van der Waals surface area contributed by atoms with E-state index in [0.717, 1.165) is 19.6 Å². The number of hydrogen-bond donors (Lipinski definition) is 1. The molecular weight excluding hydrogens is 234 g/mol. The fraction of sp³-hybridized carbons (Fsp3) is 0.294. The maximum Gasteiger partial charge on any atom is 0.0747 e. The summed E-state index contributed by atoms with van der Waals surface area (Å²) < 4.78 is 0. The van der Waals surface area contributed by atoms with Gasteiger partial charge in [0.05, 0.1) is 6.10 Å². The number of rotatable bonds is 3. The molecule has 0 radical (unpaired) electrons. The maximum atomic E-state index is 10.2. The van der Waals surface area contributed by atoms with Crippen molar-refractivity contribution in [2.45, 2.75) is 18.6 Å². The van der Waals surface area contributed by atoms with Crippen LogP contribution >= 0.6 is 0 Å². The number of β-amino-alcohol motifs (C(OH)–C–C–N with tert-alkyl or cyclic N) is 1. The van der Waals surface area contributed by atoms with Crippen LogP contribution in [0.5, 0.6) is 0 Å². The topological polar surface area (TPSA) is 23.5 Å². The van der Waals surface area contributed by atoms with Gasteiger partial charge in [0.2, 0.25) is 0 Å². The van der Waals surface area contributed by atoms with E-state index in [2.05, 4.69) is 41.3 Å². The summed E-state index contributed by atoms with van der Waals surface area (Å²) in [5.41, 5.74) is 2.55. The summed E-state index contributed by atoms with van der Waals surface area (Å²) in [6.07, 6.45) is -0.258. The van der Waals surface area contributed by atoms with Crippen LogP contribution in [-0.4, -0.2) is 29.2 Å². The summed E-state index contributed by atoms with van der Waals surface area (Å²) >= 11 is 0. The van der Waals surface area contributed by atoms with E-state index in [-0.39, 0.29) is 12.0 Å². The molecule has 0 spiro atoms. The predicted octanol–water partition coefficient (Wildman–Crippen LogP) is 2.65. The second kappa shape index (κ2) is 5.55. The Hall–Kier alpha value is -1.64. The Morgan fingerprint density at radius 2 is 1.53 bits per heavy atom. The van der Waals surface area contributed by atoms with E-state index in [4.69, 9.17) is 0 Å². The van der Waals surface area contributed by atoms with Crippen LogP contribution in [0.25, 0.3) is 0 Å². The second-order valence-corrected chi connectivity index (χ2v) is 5.26. The third-order valence-corrected chi connectivity index (χ3v) is 3.84. The lowest BCUT2D eigenvalue weighted by molar-refractivity contribution is 0.163. The first-order valence-corrected chi connectivity index (χ1v) is 6.82. The third-order valence-electron chi connectivity index (χ3n) is 3.84. The van der Waals surface area contributed by atoms with Gasteiger partial charge in [0, 0.05) is 25.6 Å². The van der Waals surface area contributed by atoms with Crippen molar-refractivity contribution in [3.8, 4) is 0 Å². The standard InChI is InChI=1S/C17H19NO/c19-17-13-18(11-14-7-3-1-4-8-14)12-16(17)15-9-5-2-6-10-15/h1-10,16-17,19H,11-13H2. The number of aliphatic hydroxyl groups excluding tert-OH is 1. The van der Waals surface area contributed by atoms with Gasteiger partial charge in [-0.25, -0.2) is 0 Å². The number of aliphatic hydroxyl groups is 1. The second-order valence-electron chi connectivity index (χ2n) is 5.26. The summed E-state index contributed by atoms with van der Waals surface area (Å²) in [4.78, 5) is 2.33. The van der Waals surface area contributed by atoms with Gasteiger partial charge >= 0.3 is 0 Å². The molecule has 1 N–H and O–H groups in total. The quantitative estimate of drug-likeness (QED) is 0.909. The van der Waals surface area contributed by atoms with Crippen LogP contribution in [0.2, 0.25) is 0 Å². The molecule has 0 aromatic heterocycles. The molecule has 1 aliphatic heterocycles. The van der Waals surface area contributed by atoms with Gasteiger partial charge in [-0.3, -0.25) is 4.90 Å². The minimum Gasteiger partial charge on any atom is -0.391 e. The van der Waals surface area contributed by atoms with E-state index in [1.54, 1.807) is 0 Å². The minimum atomic E-state index is -0.258. The summed E-state index contributed by atoms with van der Waals surface area (Å²) in [5, 5.41) is 10.2. The molecule has 1 aliphatic rings. The molecule has 2 aromatic carbocycles. The van der Waals surface area contributed by atoms with Gasteiger partial charge in [-0.05, 0) is 11.1 Å². The zero-order valence-electron chi connectivity index (χ0n) is 10.9. The van der Waals surface area contributed by atoms with E-state index in [9.17, 15) is 5.11 Å². The Morgan fingerprint density at radius 1 is 0.895 bits per heavy atom. The molecule has 2 unspecified atom stereocenters. The number of benzene rings is 2.